The number of thiophene rings is 1. The van der Waals surface area contributed by atoms with Crippen LogP contribution >= 0.6 is 22.9 Å². The quantitative estimate of drug-likeness (QED) is 0.782. The zero-order valence-corrected chi connectivity index (χ0v) is 17.1. The summed E-state index contributed by atoms with van der Waals surface area (Å²) in [7, 11) is 0. The number of nitrogens with zero attached hydrogens (tertiary/aromatic N) is 5. The Morgan fingerprint density at radius 1 is 1.00 bits per heavy atom. The average molecular weight is 406 g/mol. The van der Waals surface area contributed by atoms with Gasteiger partial charge in [-0.05, 0) is 38.3 Å². The molecule has 0 N–H and O–H groups in total. The molecule has 0 bridgehead atoms. The topological polar surface area (TPSA) is 52.6 Å². The lowest BCUT2D eigenvalue weighted by Gasteiger charge is -2.36. The third-order valence-electron chi connectivity index (χ3n) is 5.14. The first-order valence-corrected chi connectivity index (χ1v) is 10.7. The molecule has 6 nitrogen and oxygen atoms in total. The van der Waals surface area contributed by atoms with Crippen LogP contribution in [0.25, 0.3) is 0 Å². The lowest BCUT2D eigenvalue weighted by Crippen LogP contribution is -2.49. The Hall–Kier alpha value is -1.86. The normalized spacial score (nSPS) is 18.1. The molecule has 2 aromatic heterocycles. The number of aryl methyl sites for hydroxylation is 1. The maximum Gasteiger partial charge on any atom is 0.264 e. The molecule has 2 aliphatic rings. The first-order chi connectivity index (χ1) is 13.1. The van der Waals surface area contributed by atoms with Gasteiger partial charge in [0.15, 0.2) is 0 Å². The molecule has 0 aliphatic carbocycles. The van der Waals surface area contributed by atoms with E-state index >= 15 is 0 Å². The molecule has 0 spiro atoms. The summed E-state index contributed by atoms with van der Waals surface area (Å²) in [4.78, 5) is 29.2. The van der Waals surface area contributed by atoms with Crippen LogP contribution in [0.2, 0.25) is 4.34 Å². The number of hydrogen-bond donors (Lipinski definition) is 0. The number of carbonyl (C=O) groups excluding carboxylic acids is 1. The Morgan fingerprint density at radius 2 is 1.74 bits per heavy atom. The third-order valence-corrected chi connectivity index (χ3v) is 6.36. The molecule has 2 saturated heterocycles. The highest BCUT2D eigenvalue weighted by atomic mass is 35.5. The first kappa shape index (κ1) is 18.5. The van der Waals surface area contributed by atoms with Gasteiger partial charge in [0, 0.05) is 51.0 Å². The van der Waals surface area contributed by atoms with Crippen molar-refractivity contribution in [2.45, 2.75) is 26.2 Å². The molecule has 27 heavy (non-hydrogen) atoms. The Bertz CT molecular complexity index is 812. The number of aromatic nitrogens is 2. The largest absolute Gasteiger partial charge is 0.353 e. The zero-order chi connectivity index (χ0) is 18.8. The van der Waals surface area contributed by atoms with E-state index in [1.165, 1.54) is 30.6 Å². The predicted octanol–water partition coefficient (Wildman–Crippen LogP) is 3.45. The van der Waals surface area contributed by atoms with Crippen LogP contribution in [0.1, 0.15) is 34.6 Å². The fraction of sp³-hybridized carbons (Fsp3) is 0.526. The maximum atomic E-state index is 12.6. The number of hydrogen-bond acceptors (Lipinski definition) is 6. The van der Waals surface area contributed by atoms with Gasteiger partial charge in [-0.25, -0.2) is 4.98 Å². The van der Waals surface area contributed by atoms with Crippen molar-refractivity contribution in [3.05, 3.63) is 33.1 Å². The smallest absolute Gasteiger partial charge is 0.264 e. The van der Waals surface area contributed by atoms with Crippen LogP contribution in [0.5, 0.6) is 0 Å². The molecule has 8 heteroatoms. The number of rotatable bonds is 3. The fourth-order valence-electron chi connectivity index (χ4n) is 3.66. The van der Waals surface area contributed by atoms with Gasteiger partial charge in [-0.1, -0.05) is 11.6 Å². The van der Waals surface area contributed by atoms with Crippen LogP contribution in [0, 0.1) is 6.92 Å². The second kappa shape index (κ2) is 8.02. The molecule has 2 fully saturated rings. The van der Waals surface area contributed by atoms with Gasteiger partial charge in [0.1, 0.15) is 5.82 Å². The molecule has 0 aromatic carbocycles. The lowest BCUT2D eigenvalue weighted by molar-refractivity contribution is 0.0751. The first-order valence-electron chi connectivity index (χ1n) is 9.50. The molecule has 0 unspecified atom stereocenters. The lowest BCUT2D eigenvalue weighted by atomic mass is 10.1. The van der Waals surface area contributed by atoms with E-state index in [2.05, 4.69) is 14.8 Å². The van der Waals surface area contributed by atoms with Crippen molar-refractivity contribution in [3.63, 3.8) is 0 Å². The minimum absolute atomic E-state index is 0.0689. The molecule has 4 rings (SSSR count). The number of piperazine rings is 1. The molecular weight excluding hydrogens is 382 g/mol. The van der Waals surface area contributed by atoms with Crippen LogP contribution in [0.3, 0.4) is 0 Å². The molecular formula is C19H24ClN5OS. The molecule has 0 saturated carbocycles. The van der Waals surface area contributed by atoms with Gasteiger partial charge >= 0.3 is 0 Å². The van der Waals surface area contributed by atoms with Gasteiger partial charge in [-0.3, -0.25) is 4.79 Å². The van der Waals surface area contributed by atoms with E-state index in [0.29, 0.717) is 22.3 Å². The SMILES string of the molecule is Cc1cc(N2CCN(C(=O)c3ccc(Cl)s3)CC2)nc(N2CCCCC2)n1. The van der Waals surface area contributed by atoms with Crippen LogP contribution in [-0.4, -0.2) is 60.0 Å². The van der Waals surface area contributed by atoms with Crippen molar-refractivity contribution >= 4 is 40.6 Å². The predicted molar refractivity (Wildman–Crippen MR) is 110 cm³/mol. The summed E-state index contributed by atoms with van der Waals surface area (Å²) in [5.74, 6) is 1.88. The van der Waals surface area contributed by atoms with Crippen molar-refractivity contribution in [3.8, 4) is 0 Å². The Balaban J connectivity index is 1.43. The minimum atomic E-state index is 0.0689. The second-order valence-corrected chi connectivity index (χ2v) is 8.81. The van der Waals surface area contributed by atoms with E-state index in [1.54, 1.807) is 12.1 Å². The summed E-state index contributed by atoms with van der Waals surface area (Å²) in [6.07, 6.45) is 3.71. The van der Waals surface area contributed by atoms with Gasteiger partial charge in [0.2, 0.25) is 5.95 Å². The zero-order valence-electron chi connectivity index (χ0n) is 15.5. The van der Waals surface area contributed by atoms with E-state index in [0.717, 1.165) is 43.6 Å². The van der Waals surface area contributed by atoms with Gasteiger partial charge in [0.05, 0.1) is 9.21 Å². The molecule has 0 radical (unpaired) electrons. The van der Waals surface area contributed by atoms with Gasteiger partial charge in [0.25, 0.3) is 5.91 Å². The highest BCUT2D eigenvalue weighted by Gasteiger charge is 2.25. The number of amides is 1. The summed E-state index contributed by atoms with van der Waals surface area (Å²) in [5.41, 5.74) is 0.993. The Kier molecular flexibility index (Phi) is 5.50. The summed E-state index contributed by atoms with van der Waals surface area (Å²) in [6, 6.07) is 5.63. The molecule has 1 amide bonds. The van der Waals surface area contributed by atoms with Gasteiger partial charge in [-0.2, -0.15) is 4.98 Å². The van der Waals surface area contributed by atoms with Gasteiger partial charge < -0.3 is 14.7 Å². The van der Waals surface area contributed by atoms with Crippen LogP contribution in [0.15, 0.2) is 18.2 Å². The Labute approximate surface area is 168 Å². The fourth-order valence-corrected chi connectivity index (χ4v) is 4.67. The summed E-state index contributed by atoms with van der Waals surface area (Å²) in [5, 5.41) is 0. The van der Waals surface area contributed by atoms with E-state index in [4.69, 9.17) is 16.6 Å². The second-order valence-electron chi connectivity index (χ2n) is 7.10. The molecule has 0 atom stereocenters. The van der Waals surface area contributed by atoms with E-state index in [9.17, 15) is 4.79 Å². The molecule has 4 heterocycles. The number of halogens is 1. The minimum Gasteiger partial charge on any atom is -0.353 e. The van der Waals surface area contributed by atoms with Crippen molar-refractivity contribution < 1.29 is 4.79 Å². The van der Waals surface area contributed by atoms with Gasteiger partial charge in [-0.15, -0.1) is 11.3 Å². The van der Waals surface area contributed by atoms with Crippen molar-refractivity contribution in [2.75, 3.05) is 49.1 Å². The Morgan fingerprint density at radius 3 is 2.41 bits per heavy atom. The number of piperidine rings is 1. The summed E-state index contributed by atoms with van der Waals surface area (Å²) in [6.45, 7) is 7.04. The standard InChI is InChI=1S/C19H24ClN5OS/c1-14-13-17(22-19(21-14)25-7-3-2-4-8-25)23-9-11-24(12-10-23)18(26)15-5-6-16(20)27-15/h5-6,13H,2-4,7-12H2,1H3. The van der Waals surface area contributed by atoms with Crippen molar-refractivity contribution in [1.29, 1.82) is 0 Å². The van der Waals surface area contributed by atoms with Crippen molar-refractivity contribution in [2.24, 2.45) is 0 Å². The van der Waals surface area contributed by atoms with Crippen LogP contribution in [0.4, 0.5) is 11.8 Å². The highest BCUT2D eigenvalue weighted by molar-refractivity contribution is 7.17. The summed E-state index contributed by atoms with van der Waals surface area (Å²) < 4.78 is 0.652. The van der Waals surface area contributed by atoms with Crippen LogP contribution in [-0.2, 0) is 0 Å². The van der Waals surface area contributed by atoms with E-state index in [-0.39, 0.29) is 5.91 Å². The monoisotopic (exact) mass is 405 g/mol. The van der Waals surface area contributed by atoms with E-state index in [1.807, 2.05) is 17.9 Å². The third kappa shape index (κ3) is 4.19. The average Bonchev–Trinajstić information content (AvgIpc) is 3.14. The summed E-state index contributed by atoms with van der Waals surface area (Å²) >= 11 is 7.30. The maximum absolute atomic E-state index is 12.6. The number of anilines is 2. The molecule has 144 valence electrons. The molecule has 2 aromatic rings. The number of carbonyl (C=O) groups is 1. The highest BCUT2D eigenvalue weighted by Crippen LogP contribution is 2.25. The van der Waals surface area contributed by atoms with E-state index < -0.39 is 0 Å². The van der Waals surface area contributed by atoms with Crippen molar-refractivity contribution in [1.82, 2.24) is 14.9 Å². The molecule has 2 aliphatic heterocycles. The van der Waals surface area contributed by atoms with Crippen LogP contribution < -0.4 is 9.80 Å².